The van der Waals surface area contributed by atoms with Crippen molar-refractivity contribution in [3.05, 3.63) is 63.6 Å². The van der Waals surface area contributed by atoms with Crippen molar-refractivity contribution in [2.24, 2.45) is 0 Å². The lowest BCUT2D eigenvalue weighted by Gasteiger charge is -2.02. The molecule has 0 saturated heterocycles. The van der Waals surface area contributed by atoms with Gasteiger partial charge in [-0.3, -0.25) is 14.4 Å². The predicted molar refractivity (Wildman–Crippen MR) is 97.7 cm³/mol. The molecule has 0 fully saturated rings. The number of nitrogens with one attached hydrogen (secondary N) is 2. The van der Waals surface area contributed by atoms with E-state index in [-0.39, 0.29) is 11.5 Å². The van der Waals surface area contributed by atoms with Gasteiger partial charge in [0, 0.05) is 21.8 Å². The molecule has 26 heavy (non-hydrogen) atoms. The Morgan fingerprint density at radius 1 is 1.31 bits per heavy atom. The molecule has 1 amide bonds. The highest BCUT2D eigenvalue weighted by atomic mass is 79.9. The molecule has 0 saturated carbocycles. The molecule has 2 N–H and O–H groups in total. The highest BCUT2D eigenvalue weighted by molar-refractivity contribution is 9.10. The lowest BCUT2D eigenvalue weighted by molar-refractivity contribution is 0.0360. The molecule has 8 heteroatoms. The number of carbonyl (C=O) groups excluding carboxylic acids is 2. The molecule has 0 spiro atoms. The van der Waals surface area contributed by atoms with Crippen LogP contribution in [0.4, 0.5) is 0 Å². The van der Waals surface area contributed by atoms with Gasteiger partial charge in [0.15, 0.2) is 5.78 Å². The van der Waals surface area contributed by atoms with E-state index in [0.29, 0.717) is 29.2 Å². The number of rotatable bonds is 6. The van der Waals surface area contributed by atoms with Crippen LogP contribution in [0.1, 0.15) is 39.1 Å². The number of ketones is 1. The summed E-state index contributed by atoms with van der Waals surface area (Å²) in [5.74, 6) is -0.330. The zero-order valence-corrected chi connectivity index (χ0v) is 15.7. The van der Waals surface area contributed by atoms with E-state index in [9.17, 15) is 9.59 Å². The van der Waals surface area contributed by atoms with Gasteiger partial charge in [-0.15, -0.1) is 0 Å². The molecule has 0 aliphatic rings. The van der Waals surface area contributed by atoms with E-state index < -0.39 is 5.91 Å². The number of carbonyl (C=O) groups is 2. The van der Waals surface area contributed by atoms with Crippen molar-refractivity contribution in [3.63, 3.8) is 0 Å². The van der Waals surface area contributed by atoms with Crippen LogP contribution in [0.2, 0.25) is 0 Å². The van der Waals surface area contributed by atoms with Gasteiger partial charge in [-0.2, -0.15) is 0 Å². The number of nitrogens with zero attached hydrogens (tertiary/aromatic N) is 1. The van der Waals surface area contributed by atoms with Gasteiger partial charge in [0.1, 0.15) is 17.1 Å². The van der Waals surface area contributed by atoms with Gasteiger partial charge in [0.05, 0.1) is 12.2 Å². The molecule has 0 radical (unpaired) electrons. The Hall–Kier alpha value is -2.71. The number of benzene rings is 1. The molecule has 7 nitrogen and oxygen atoms in total. The lowest BCUT2D eigenvalue weighted by Crippen LogP contribution is -2.23. The van der Waals surface area contributed by atoms with Crippen LogP contribution in [0.25, 0.3) is 11.3 Å². The fraction of sp³-hybridized carbons (Fsp3) is 0.167. The van der Waals surface area contributed by atoms with Crippen molar-refractivity contribution in [1.82, 2.24) is 15.6 Å². The van der Waals surface area contributed by atoms with Gasteiger partial charge in [0.25, 0.3) is 5.91 Å². The Morgan fingerprint density at radius 2 is 2.04 bits per heavy atom. The number of aromatic amines is 1. The molecule has 2 aromatic heterocycles. The van der Waals surface area contributed by atoms with Crippen LogP contribution >= 0.6 is 15.9 Å². The first kappa shape index (κ1) is 18.1. The molecule has 0 bridgehead atoms. The molecule has 0 atom stereocenters. The van der Waals surface area contributed by atoms with Crippen molar-refractivity contribution in [2.75, 3.05) is 6.61 Å². The zero-order valence-electron chi connectivity index (χ0n) is 14.1. The Labute approximate surface area is 157 Å². The molecule has 3 rings (SSSR count). The van der Waals surface area contributed by atoms with E-state index in [1.54, 1.807) is 13.8 Å². The molecular formula is C18H16BrN3O4. The number of aryl methyl sites for hydroxylation is 1. The Bertz CT molecular complexity index is 944. The number of hydroxylamine groups is 1. The number of halogens is 1. The summed E-state index contributed by atoms with van der Waals surface area (Å²) in [5.41, 5.74) is 4.41. The van der Waals surface area contributed by atoms with Crippen molar-refractivity contribution in [1.29, 1.82) is 0 Å². The van der Waals surface area contributed by atoms with Crippen LogP contribution in [0, 0.1) is 6.92 Å². The first-order valence-electron chi connectivity index (χ1n) is 7.88. The maximum Gasteiger partial charge on any atom is 0.291 e. The molecule has 0 aliphatic heterocycles. The highest BCUT2D eigenvalue weighted by Crippen LogP contribution is 2.28. The monoisotopic (exact) mass is 417 g/mol. The molecule has 0 aliphatic carbocycles. The second-order valence-corrected chi connectivity index (χ2v) is 6.38. The minimum absolute atomic E-state index is 0.223. The maximum atomic E-state index is 12.9. The van der Waals surface area contributed by atoms with Crippen LogP contribution in [0.3, 0.4) is 0 Å². The van der Waals surface area contributed by atoms with Crippen LogP contribution in [-0.4, -0.2) is 28.4 Å². The SMILES string of the molecule is CCONC(=O)c1cc(C(=O)c2c(-c3ccc(Br)cc3)noc2C)c[nH]1. The summed E-state index contributed by atoms with van der Waals surface area (Å²) >= 11 is 3.38. The summed E-state index contributed by atoms with van der Waals surface area (Å²) < 4.78 is 6.16. The van der Waals surface area contributed by atoms with E-state index in [1.165, 1.54) is 12.3 Å². The first-order chi connectivity index (χ1) is 12.5. The van der Waals surface area contributed by atoms with Gasteiger partial charge < -0.3 is 9.51 Å². The molecule has 2 heterocycles. The molecule has 1 aromatic carbocycles. The normalized spacial score (nSPS) is 10.7. The minimum atomic E-state index is -0.457. The van der Waals surface area contributed by atoms with Crippen LogP contribution < -0.4 is 5.48 Å². The topological polar surface area (TPSA) is 97.2 Å². The summed E-state index contributed by atoms with van der Waals surface area (Å²) in [6, 6.07) is 8.88. The quantitative estimate of drug-likeness (QED) is 0.471. The van der Waals surface area contributed by atoms with E-state index in [4.69, 9.17) is 9.36 Å². The number of H-pyrrole nitrogens is 1. The maximum absolute atomic E-state index is 12.9. The van der Waals surface area contributed by atoms with Crippen molar-refractivity contribution in [2.45, 2.75) is 13.8 Å². The molecule has 134 valence electrons. The number of aromatic nitrogens is 2. The van der Waals surface area contributed by atoms with E-state index in [0.717, 1.165) is 10.0 Å². The zero-order chi connectivity index (χ0) is 18.7. The van der Waals surface area contributed by atoms with Crippen LogP contribution in [0.15, 0.2) is 45.5 Å². The standard InChI is InChI=1S/C18H16BrN3O4/c1-3-25-22-18(24)14-8-12(9-20-14)17(23)15-10(2)26-21-16(15)11-4-6-13(19)7-5-11/h4-9,20H,3H2,1-2H3,(H,22,24). The van der Waals surface area contributed by atoms with Gasteiger partial charge in [-0.1, -0.05) is 33.2 Å². The number of hydrogen-bond donors (Lipinski definition) is 2. The second-order valence-electron chi connectivity index (χ2n) is 5.46. The minimum Gasteiger partial charge on any atom is -0.360 e. The Balaban J connectivity index is 1.91. The summed E-state index contributed by atoms with van der Waals surface area (Å²) in [6.07, 6.45) is 1.47. The smallest absolute Gasteiger partial charge is 0.291 e. The first-order valence-corrected chi connectivity index (χ1v) is 8.68. The highest BCUT2D eigenvalue weighted by Gasteiger charge is 2.24. The number of amides is 1. The fourth-order valence-electron chi connectivity index (χ4n) is 2.44. The van der Waals surface area contributed by atoms with Gasteiger partial charge in [0.2, 0.25) is 0 Å². The van der Waals surface area contributed by atoms with Crippen molar-refractivity contribution < 1.29 is 18.9 Å². The summed E-state index contributed by atoms with van der Waals surface area (Å²) in [4.78, 5) is 32.5. The molecular weight excluding hydrogens is 402 g/mol. The van der Waals surface area contributed by atoms with E-state index in [1.807, 2.05) is 24.3 Å². The van der Waals surface area contributed by atoms with Crippen LogP contribution in [-0.2, 0) is 4.84 Å². The Morgan fingerprint density at radius 3 is 2.73 bits per heavy atom. The van der Waals surface area contributed by atoms with E-state index in [2.05, 4.69) is 31.6 Å². The van der Waals surface area contributed by atoms with Gasteiger partial charge in [-0.25, -0.2) is 5.48 Å². The van der Waals surface area contributed by atoms with Gasteiger partial charge >= 0.3 is 0 Å². The van der Waals surface area contributed by atoms with Crippen molar-refractivity contribution >= 4 is 27.6 Å². The molecule has 3 aromatic rings. The lowest BCUT2D eigenvalue weighted by atomic mass is 9.99. The average Bonchev–Trinajstić information content (AvgIpc) is 3.27. The van der Waals surface area contributed by atoms with Gasteiger partial charge in [-0.05, 0) is 32.0 Å². The third kappa shape index (κ3) is 3.61. The predicted octanol–water partition coefficient (Wildman–Crippen LogP) is 3.65. The third-order valence-corrected chi connectivity index (χ3v) is 4.24. The van der Waals surface area contributed by atoms with E-state index >= 15 is 0 Å². The molecule has 0 unspecified atom stereocenters. The summed E-state index contributed by atoms with van der Waals surface area (Å²) in [6.45, 7) is 3.77. The van der Waals surface area contributed by atoms with Crippen LogP contribution in [0.5, 0.6) is 0 Å². The average molecular weight is 418 g/mol. The third-order valence-electron chi connectivity index (χ3n) is 3.71. The van der Waals surface area contributed by atoms with Crippen molar-refractivity contribution in [3.8, 4) is 11.3 Å². The summed E-state index contributed by atoms with van der Waals surface area (Å²) in [7, 11) is 0. The number of hydrogen-bond acceptors (Lipinski definition) is 5. The Kier molecular flexibility index (Phi) is 5.34. The summed E-state index contributed by atoms with van der Waals surface area (Å²) in [5, 5.41) is 4.02. The largest absolute Gasteiger partial charge is 0.360 e. The fourth-order valence-corrected chi connectivity index (χ4v) is 2.70. The second kappa shape index (κ2) is 7.67.